The van der Waals surface area contributed by atoms with Crippen LogP contribution in [0.25, 0.3) is 0 Å². The maximum absolute atomic E-state index is 10.5. The van der Waals surface area contributed by atoms with Crippen molar-refractivity contribution in [1.29, 1.82) is 0 Å². The van der Waals surface area contributed by atoms with E-state index in [1.807, 2.05) is 14.1 Å². The number of benzene rings is 1. The van der Waals surface area contributed by atoms with Gasteiger partial charge in [-0.25, -0.2) is 0 Å². The van der Waals surface area contributed by atoms with Gasteiger partial charge in [-0.05, 0) is 36.1 Å². The molecule has 0 bridgehead atoms. The Morgan fingerprint density at radius 3 is 1.80 bits per heavy atom. The van der Waals surface area contributed by atoms with Crippen LogP contribution in [-0.4, -0.2) is 24.1 Å². The number of hydrogen-bond donors (Lipinski definition) is 1. The second kappa shape index (κ2) is 6.36. The molecule has 0 heterocycles. The Bertz CT molecular complexity index is 453. The average molecular weight is 300 g/mol. The summed E-state index contributed by atoms with van der Waals surface area (Å²) in [6.07, 6.45) is 0. The molecule has 0 radical (unpaired) electrons. The Balaban J connectivity index is 0.00000361. The standard InChI is InChI=1S/C17H29NO.ClH/c1-16(2,3)13-9-12(11-18(7)8)15(19)14(10-13)17(4,5)6;/h9-10,19H,11H2,1-8H3;1H. The number of phenols is 1. The molecular weight excluding hydrogens is 270 g/mol. The molecule has 1 rings (SSSR count). The molecule has 1 aromatic carbocycles. The van der Waals surface area contributed by atoms with Crippen molar-refractivity contribution in [3.63, 3.8) is 0 Å². The highest BCUT2D eigenvalue weighted by Crippen LogP contribution is 2.37. The van der Waals surface area contributed by atoms with Crippen molar-refractivity contribution in [3.8, 4) is 5.75 Å². The summed E-state index contributed by atoms with van der Waals surface area (Å²) in [5, 5.41) is 10.5. The summed E-state index contributed by atoms with van der Waals surface area (Å²) in [5.74, 6) is 0.453. The molecule has 116 valence electrons. The maximum Gasteiger partial charge on any atom is 0.123 e. The highest BCUT2D eigenvalue weighted by atomic mass is 35.5. The van der Waals surface area contributed by atoms with Crippen LogP contribution in [0.1, 0.15) is 58.2 Å². The Hall–Kier alpha value is -0.730. The molecule has 0 unspecified atom stereocenters. The van der Waals surface area contributed by atoms with Gasteiger partial charge in [0.25, 0.3) is 0 Å². The van der Waals surface area contributed by atoms with Crippen molar-refractivity contribution in [1.82, 2.24) is 4.90 Å². The van der Waals surface area contributed by atoms with Crippen LogP contribution in [0.2, 0.25) is 0 Å². The fraction of sp³-hybridized carbons (Fsp3) is 0.647. The molecule has 1 N–H and O–H groups in total. The Morgan fingerprint density at radius 1 is 0.950 bits per heavy atom. The van der Waals surface area contributed by atoms with E-state index in [4.69, 9.17) is 0 Å². The van der Waals surface area contributed by atoms with E-state index in [0.29, 0.717) is 5.75 Å². The van der Waals surface area contributed by atoms with Gasteiger partial charge in [0.15, 0.2) is 0 Å². The Morgan fingerprint density at radius 2 is 1.45 bits per heavy atom. The SMILES string of the molecule is CN(C)Cc1cc(C(C)(C)C)cc(C(C)(C)C)c1O.Cl. The van der Waals surface area contributed by atoms with Gasteiger partial charge in [-0.1, -0.05) is 53.7 Å². The van der Waals surface area contributed by atoms with Crippen molar-refractivity contribution in [2.24, 2.45) is 0 Å². The van der Waals surface area contributed by atoms with Gasteiger partial charge >= 0.3 is 0 Å². The molecule has 20 heavy (non-hydrogen) atoms. The molecule has 0 aliphatic heterocycles. The fourth-order valence-corrected chi connectivity index (χ4v) is 2.16. The molecule has 0 amide bonds. The lowest BCUT2D eigenvalue weighted by Gasteiger charge is -2.28. The van der Waals surface area contributed by atoms with E-state index in [1.165, 1.54) is 5.56 Å². The van der Waals surface area contributed by atoms with E-state index < -0.39 is 0 Å². The molecule has 0 saturated carbocycles. The molecule has 3 heteroatoms. The summed E-state index contributed by atoms with van der Waals surface area (Å²) in [4.78, 5) is 2.09. The van der Waals surface area contributed by atoms with Gasteiger partial charge < -0.3 is 10.0 Å². The van der Waals surface area contributed by atoms with Crippen molar-refractivity contribution in [2.75, 3.05) is 14.1 Å². The first kappa shape index (κ1) is 19.3. The van der Waals surface area contributed by atoms with E-state index in [1.54, 1.807) is 0 Å². The highest BCUT2D eigenvalue weighted by molar-refractivity contribution is 5.85. The third-order valence-electron chi connectivity index (χ3n) is 3.35. The Labute approximate surface area is 130 Å². The monoisotopic (exact) mass is 299 g/mol. The van der Waals surface area contributed by atoms with Gasteiger partial charge in [-0.15, -0.1) is 12.4 Å². The lowest BCUT2D eigenvalue weighted by Crippen LogP contribution is -2.19. The second-order valence-corrected chi connectivity index (χ2v) is 7.77. The summed E-state index contributed by atoms with van der Waals surface area (Å²) in [6.45, 7) is 13.8. The predicted molar refractivity (Wildman–Crippen MR) is 90.1 cm³/mol. The molecule has 0 spiro atoms. The molecular formula is C17H30ClNO. The molecule has 0 atom stereocenters. The first-order chi connectivity index (χ1) is 8.43. The van der Waals surface area contributed by atoms with E-state index in [-0.39, 0.29) is 23.2 Å². The summed E-state index contributed by atoms with van der Waals surface area (Å²) >= 11 is 0. The van der Waals surface area contributed by atoms with Gasteiger partial charge in [0.05, 0.1) is 0 Å². The predicted octanol–water partition coefficient (Wildman–Crippen LogP) is 4.47. The number of halogens is 1. The number of phenolic OH excluding ortho intramolecular Hbond substituents is 1. The van der Waals surface area contributed by atoms with Gasteiger partial charge in [0.1, 0.15) is 5.75 Å². The smallest absolute Gasteiger partial charge is 0.123 e. The molecule has 0 aliphatic carbocycles. The van der Waals surface area contributed by atoms with Crippen LogP contribution in [0.3, 0.4) is 0 Å². The third-order valence-corrected chi connectivity index (χ3v) is 3.35. The summed E-state index contributed by atoms with van der Waals surface area (Å²) < 4.78 is 0. The Kier molecular flexibility index (Phi) is 6.13. The van der Waals surface area contributed by atoms with Crippen LogP contribution in [0.5, 0.6) is 5.75 Å². The van der Waals surface area contributed by atoms with Crippen LogP contribution in [0.4, 0.5) is 0 Å². The lowest BCUT2D eigenvalue weighted by molar-refractivity contribution is 0.378. The molecule has 0 saturated heterocycles. The minimum absolute atomic E-state index is 0. The summed E-state index contributed by atoms with van der Waals surface area (Å²) in [5.41, 5.74) is 3.38. The quantitative estimate of drug-likeness (QED) is 0.871. The van der Waals surface area contributed by atoms with E-state index >= 15 is 0 Å². The fourth-order valence-electron chi connectivity index (χ4n) is 2.16. The van der Waals surface area contributed by atoms with Crippen LogP contribution in [-0.2, 0) is 17.4 Å². The minimum atomic E-state index is -0.0492. The summed E-state index contributed by atoms with van der Waals surface area (Å²) in [6, 6.07) is 4.30. The maximum atomic E-state index is 10.5. The van der Waals surface area contributed by atoms with Crippen LogP contribution in [0.15, 0.2) is 12.1 Å². The number of hydrogen-bond acceptors (Lipinski definition) is 2. The second-order valence-electron chi connectivity index (χ2n) is 7.77. The normalized spacial score (nSPS) is 12.4. The topological polar surface area (TPSA) is 23.5 Å². The number of nitrogens with zero attached hydrogens (tertiary/aromatic N) is 1. The van der Waals surface area contributed by atoms with Crippen molar-refractivity contribution >= 4 is 12.4 Å². The van der Waals surface area contributed by atoms with Crippen molar-refractivity contribution in [3.05, 3.63) is 28.8 Å². The van der Waals surface area contributed by atoms with E-state index in [0.717, 1.165) is 17.7 Å². The van der Waals surface area contributed by atoms with Gasteiger partial charge in [-0.2, -0.15) is 0 Å². The highest BCUT2D eigenvalue weighted by Gasteiger charge is 2.24. The number of aromatic hydroxyl groups is 1. The largest absolute Gasteiger partial charge is 0.507 e. The zero-order chi connectivity index (χ0) is 15.0. The van der Waals surface area contributed by atoms with Gasteiger partial charge in [0.2, 0.25) is 0 Å². The van der Waals surface area contributed by atoms with Crippen molar-refractivity contribution < 1.29 is 5.11 Å². The molecule has 0 aliphatic rings. The molecule has 0 aromatic heterocycles. The molecule has 2 nitrogen and oxygen atoms in total. The van der Waals surface area contributed by atoms with Crippen LogP contribution in [0, 0.1) is 0 Å². The van der Waals surface area contributed by atoms with E-state index in [9.17, 15) is 5.11 Å². The number of rotatable bonds is 2. The minimum Gasteiger partial charge on any atom is -0.507 e. The first-order valence-corrected chi connectivity index (χ1v) is 6.94. The first-order valence-electron chi connectivity index (χ1n) is 6.94. The molecule has 1 aromatic rings. The van der Waals surface area contributed by atoms with Crippen LogP contribution < -0.4 is 0 Å². The van der Waals surface area contributed by atoms with Crippen molar-refractivity contribution in [2.45, 2.75) is 58.9 Å². The third kappa shape index (κ3) is 4.68. The average Bonchev–Trinajstić information content (AvgIpc) is 2.16. The van der Waals surface area contributed by atoms with E-state index in [2.05, 4.69) is 58.6 Å². The van der Waals surface area contributed by atoms with Gasteiger partial charge in [-0.3, -0.25) is 0 Å². The molecule has 0 fully saturated rings. The zero-order valence-electron chi connectivity index (χ0n) is 14.2. The lowest BCUT2D eigenvalue weighted by atomic mass is 9.79. The zero-order valence-corrected chi connectivity index (χ0v) is 15.0. The van der Waals surface area contributed by atoms with Gasteiger partial charge in [0, 0.05) is 12.1 Å². The van der Waals surface area contributed by atoms with Crippen LogP contribution >= 0.6 is 12.4 Å². The summed E-state index contributed by atoms with van der Waals surface area (Å²) in [7, 11) is 4.06.